The molecule has 1 aliphatic heterocycles. The van der Waals surface area contributed by atoms with Crippen LogP contribution >= 0.6 is 23.2 Å². The number of amides is 1. The first-order valence-corrected chi connectivity index (χ1v) is 13.4. The molecular weight excluding hydrogens is 515 g/mol. The zero-order valence-electron chi connectivity index (χ0n) is 21.8. The molecule has 0 saturated carbocycles. The van der Waals surface area contributed by atoms with Crippen LogP contribution in [0.1, 0.15) is 32.3 Å². The highest BCUT2D eigenvalue weighted by molar-refractivity contribution is 6.43. The van der Waals surface area contributed by atoms with Crippen LogP contribution in [0.2, 0.25) is 10.0 Å². The monoisotopic (exact) mass is 550 g/mol. The minimum absolute atomic E-state index is 0.195. The highest BCUT2D eigenvalue weighted by Gasteiger charge is 2.19. The van der Waals surface area contributed by atoms with Gasteiger partial charge in [0.05, 0.1) is 28.0 Å². The number of unbranched alkanes of at least 4 members (excludes halogenated alkanes) is 1. The number of nitrogens with zero attached hydrogens (tertiary/aromatic N) is 3. The van der Waals surface area contributed by atoms with Crippen LogP contribution in [0.25, 0.3) is 0 Å². The van der Waals surface area contributed by atoms with Crippen molar-refractivity contribution in [2.24, 2.45) is 4.99 Å². The van der Waals surface area contributed by atoms with Gasteiger partial charge in [-0.15, -0.1) is 0 Å². The van der Waals surface area contributed by atoms with Crippen molar-refractivity contribution in [3.8, 4) is 5.75 Å². The first kappa shape index (κ1) is 28.9. The molecule has 0 atom stereocenters. The minimum atomic E-state index is -0.522. The second-order valence-corrected chi connectivity index (χ2v) is 9.55. The molecule has 37 heavy (non-hydrogen) atoms. The van der Waals surface area contributed by atoms with Crippen molar-refractivity contribution in [3.63, 3.8) is 0 Å². The van der Waals surface area contributed by atoms with Crippen LogP contribution < -0.4 is 15.0 Å². The van der Waals surface area contributed by atoms with E-state index < -0.39 is 6.09 Å². The van der Waals surface area contributed by atoms with Gasteiger partial charge in [0.25, 0.3) is 0 Å². The first-order chi connectivity index (χ1) is 17.9. The van der Waals surface area contributed by atoms with Crippen molar-refractivity contribution in [1.82, 2.24) is 10.2 Å². The van der Waals surface area contributed by atoms with E-state index in [9.17, 15) is 4.79 Å². The third kappa shape index (κ3) is 9.29. The number of hydrogen-bond acceptors (Lipinski definition) is 7. The van der Waals surface area contributed by atoms with Crippen LogP contribution in [0.4, 0.5) is 16.2 Å². The number of hydrogen-bond donors (Lipinski definition) is 1. The Morgan fingerprint density at radius 3 is 2.62 bits per heavy atom. The minimum Gasteiger partial charge on any atom is -0.494 e. The highest BCUT2D eigenvalue weighted by Crippen LogP contribution is 2.33. The lowest BCUT2D eigenvalue weighted by molar-refractivity contribution is 0.0524. The molecule has 0 aromatic heterocycles. The Balaban J connectivity index is 1.36. The summed E-state index contributed by atoms with van der Waals surface area (Å²) in [4.78, 5) is 20.6. The molecule has 1 aliphatic rings. The average molecular weight is 552 g/mol. The largest absolute Gasteiger partial charge is 0.494 e. The van der Waals surface area contributed by atoms with Gasteiger partial charge in [0.1, 0.15) is 5.75 Å². The number of benzene rings is 2. The zero-order chi connectivity index (χ0) is 26.6. The summed E-state index contributed by atoms with van der Waals surface area (Å²) in [5.74, 6) is 1.17. The summed E-state index contributed by atoms with van der Waals surface area (Å²) >= 11 is 12.6. The van der Waals surface area contributed by atoms with Crippen molar-refractivity contribution in [2.45, 2.75) is 33.6 Å². The fourth-order valence-electron chi connectivity index (χ4n) is 3.94. The van der Waals surface area contributed by atoms with Crippen LogP contribution in [0, 0.1) is 6.92 Å². The number of piperazine rings is 1. The number of carbonyl (C=O) groups is 1. The Labute approximate surface area is 229 Å². The number of rotatable bonds is 11. The molecule has 2 aromatic carbocycles. The van der Waals surface area contributed by atoms with Crippen molar-refractivity contribution < 1.29 is 19.0 Å². The van der Waals surface area contributed by atoms with Gasteiger partial charge in [-0.05, 0) is 57.0 Å². The molecule has 0 radical (unpaired) electrons. The van der Waals surface area contributed by atoms with E-state index in [1.54, 1.807) is 6.92 Å². The fraction of sp³-hybridized carbons (Fsp3) is 0.481. The van der Waals surface area contributed by atoms with Crippen LogP contribution in [0.5, 0.6) is 5.75 Å². The van der Waals surface area contributed by atoms with Crippen LogP contribution in [0.3, 0.4) is 0 Å². The summed E-state index contributed by atoms with van der Waals surface area (Å²) < 4.78 is 16.3. The summed E-state index contributed by atoms with van der Waals surface area (Å²) in [6.07, 6.45) is 1.51. The molecule has 1 heterocycles. The van der Waals surface area contributed by atoms with Gasteiger partial charge in [0, 0.05) is 45.7 Å². The molecule has 1 N–H and O–H groups in total. The molecule has 1 fully saturated rings. The molecule has 0 bridgehead atoms. The molecule has 202 valence electrons. The van der Waals surface area contributed by atoms with Crippen molar-refractivity contribution in [2.75, 3.05) is 57.6 Å². The van der Waals surface area contributed by atoms with Crippen molar-refractivity contribution >= 4 is 46.6 Å². The number of aryl methyl sites for hydroxylation is 1. The number of ether oxygens (including phenoxy) is 3. The standard InChI is InChI=1S/C27H36Cl2N4O4/c1-4-30-27(34)37-19-36-21(3)31-24-18-22(11-10-20(24)2)35-17-6-5-12-32-13-15-33(16-14-32)25-9-7-8-23(28)26(25)29/h7-11,18H,4-6,12-17,19H2,1-3H3,(H,30,34). The molecule has 8 nitrogen and oxygen atoms in total. The van der Waals surface area contributed by atoms with Crippen molar-refractivity contribution in [1.29, 1.82) is 0 Å². The molecule has 3 rings (SSSR count). The Bertz CT molecular complexity index is 1060. The van der Waals surface area contributed by atoms with Gasteiger partial charge in [-0.1, -0.05) is 35.3 Å². The predicted octanol–water partition coefficient (Wildman–Crippen LogP) is 6.05. The lowest BCUT2D eigenvalue weighted by Gasteiger charge is -2.36. The number of alkyl carbamates (subject to hydrolysis) is 1. The molecule has 10 heteroatoms. The molecule has 1 saturated heterocycles. The Kier molecular flexibility index (Phi) is 11.6. The molecular formula is C27H36Cl2N4O4. The van der Waals surface area contributed by atoms with Crippen molar-refractivity contribution in [3.05, 3.63) is 52.0 Å². The smallest absolute Gasteiger partial charge is 0.410 e. The van der Waals surface area contributed by atoms with Gasteiger partial charge in [-0.2, -0.15) is 0 Å². The summed E-state index contributed by atoms with van der Waals surface area (Å²) in [7, 11) is 0. The number of aliphatic imine (C=N–C) groups is 1. The Morgan fingerprint density at radius 2 is 1.86 bits per heavy atom. The van der Waals surface area contributed by atoms with Gasteiger partial charge in [-0.3, -0.25) is 4.90 Å². The Morgan fingerprint density at radius 1 is 1.08 bits per heavy atom. The third-order valence-corrected chi connectivity index (χ3v) is 6.83. The summed E-state index contributed by atoms with van der Waals surface area (Å²) in [6.45, 7) is 11.4. The van der Waals surface area contributed by atoms with E-state index in [2.05, 4.69) is 20.1 Å². The maximum Gasteiger partial charge on any atom is 0.410 e. The molecule has 2 aromatic rings. The predicted molar refractivity (Wildman–Crippen MR) is 150 cm³/mol. The summed E-state index contributed by atoms with van der Waals surface area (Å²) in [5.41, 5.74) is 2.77. The van der Waals surface area contributed by atoms with Gasteiger partial charge < -0.3 is 24.4 Å². The number of nitrogens with one attached hydrogen (secondary N) is 1. The Hall–Kier alpha value is -2.68. The van der Waals surface area contributed by atoms with E-state index in [1.807, 2.05) is 50.2 Å². The van der Waals surface area contributed by atoms with E-state index in [-0.39, 0.29) is 6.79 Å². The summed E-state index contributed by atoms with van der Waals surface area (Å²) in [6, 6.07) is 11.6. The van der Waals surface area contributed by atoms with E-state index >= 15 is 0 Å². The maximum absolute atomic E-state index is 11.3. The van der Waals surface area contributed by atoms with Gasteiger partial charge in [0.2, 0.25) is 6.79 Å². The normalized spacial score (nSPS) is 14.4. The number of carbonyl (C=O) groups excluding carboxylic acids is 1. The number of anilines is 1. The number of halogens is 2. The third-order valence-electron chi connectivity index (χ3n) is 6.02. The van der Waals surface area contributed by atoms with Crippen LogP contribution in [-0.4, -0.2) is 69.6 Å². The quantitative estimate of drug-likeness (QED) is 0.159. The highest BCUT2D eigenvalue weighted by atomic mass is 35.5. The fourth-order valence-corrected chi connectivity index (χ4v) is 4.36. The maximum atomic E-state index is 11.3. The van der Waals surface area contributed by atoms with E-state index in [0.29, 0.717) is 29.1 Å². The van der Waals surface area contributed by atoms with E-state index in [0.717, 1.165) is 68.3 Å². The SMILES string of the molecule is CCNC(=O)OCOC(C)=Nc1cc(OCCCCN2CCN(c3cccc(Cl)c3Cl)CC2)ccc1C. The van der Waals surface area contributed by atoms with E-state index in [1.165, 1.54) is 0 Å². The zero-order valence-corrected chi connectivity index (χ0v) is 23.3. The van der Waals surface area contributed by atoms with Gasteiger partial charge in [-0.25, -0.2) is 9.79 Å². The van der Waals surface area contributed by atoms with E-state index in [4.69, 9.17) is 37.4 Å². The van der Waals surface area contributed by atoms with Gasteiger partial charge >= 0.3 is 6.09 Å². The van der Waals surface area contributed by atoms with Gasteiger partial charge in [0.15, 0.2) is 5.90 Å². The second-order valence-electron chi connectivity index (χ2n) is 8.76. The molecule has 0 spiro atoms. The summed E-state index contributed by atoms with van der Waals surface area (Å²) in [5, 5.41) is 3.76. The average Bonchev–Trinajstić information content (AvgIpc) is 2.88. The first-order valence-electron chi connectivity index (χ1n) is 12.6. The molecule has 0 aliphatic carbocycles. The topological polar surface area (TPSA) is 75.6 Å². The van der Waals surface area contributed by atoms with Crippen LogP contribution in [-0.2, 0) is 9.47 Å². The molecule has 0 unspecified atom stereocenters. The van der Waals surface area contributed by atoms with Crippen LogP contribution in [0.15, 0.2) is 41.4 Å². The molecule has 1 amide bonds. The lowest BCUT2D eigenvalue weighted by atomic mass is 10.2. The lowest BCUT2D eigenvalue weighted by Crippen LogP contribution is -2.46. The second kappa shape index (κ2) is 14.9.